The second-order valence-corrected chi connectivity index (χ2v) is 4.71. The topological polar surface area (TPSA) is 85.8 Å². The molecule has 0 saturated carbocycles. The predicted octanol–water partition coefficient (Wildman–Crippen LogP) is 2.26. The molecule has 1 amide bonds. The van der Waals surface area contributed by atoms with Crippen LogP contribution in [0, 0.1) is 19.7 Å². The zero-order valence-corrected chi connectivity index (χ0v) is 11.9. The van der Waals surface area contributed by atoms with Gasteiger partial charge in [-0.25, -0.2) is 13.7 Å². The van der Waals surface area contributed by atoms with E-state index >= 15 is 0 Å². The molecule has 22 heavy (non-hydrogen) atoms. The summed E-state index contributed by atoms with van der Waals surface area (Å²) in [6.07, 6.45) is 0. The van der Waals surface area contributed by atoms with E-state index in [-0.39, 0.29) is 11.5 Å². The molecule has 2 aromatic heterocycles. The van der Waals surface area contributed by atoms with Gasteiger partial charge in [-0.2, -0.15) is 5.10 Å². The van der Waals surface area contributed by atoms with Crippen molar-refractivity contribution in [3.63, 3.8) is 0 Å². The van der Waals surface area contributed by atoms with Crippen LogP contribution in [0.2, 0.25) is 0 Å². The van der Waals surface area contributed by atoms with Gasteiger partial charge in [0.2, 0.25) is 0 Å². The van der Waals surface area contributed by atoms with Crippen molar-refractivity contribution in [3.05, 3.63) is 53.2 Å². The molecule has 0 radical (unpaired) electrons. The van der Waals surface area contributed by atoms with Crippen molar-refractivity contribution in [3.8, 4) is 5.69 Å². The van der Waals surface area contributed by atoms with Crippen LogP contribution in [0.15, 0.2) is 35.0 Å². The Morgan fingerprint density at radius 1 is 1.23 bits per heavy atom. The molecule has 1 aromatic carbocycles. The number of carbonyl (C=O) groups is 1. The molecule has 3 rings (SSSR count). The number of hydrogen-bond acceptors (Lipinski definition) is 5. The first-order valence-electron chi connectivity index (χ1n) is 6.48. The number of aryl methyl sites for hydroxylation is 2. The molecule has 0 aliphatic heterocycles. The van der Waals surface area contributed by atoms with Gasteiger partial charge in [-0.15, -0.1) is 0 Å². The summed E-state index contributed by atoms with van der Waals surface area (Å²) in [4.78, 5) is 12.2. The second-order valence-electron chi connectivity index (χ2n) is 4.71. The largest absolute Gasteiger partial charge is 0.305 e. The first kappa shape index (κ1) is 13.9. The summed E-state index contributed by atoms with van der Waals surface area (Å²) >= 11 is 0. The van der Waals surface area contributed by atoms with Crippen LogP contribution < -0.4 is 5.32 Å². The van der Waals surface area contributed by atoms with E-state index in [0.29, 0.717) is 22.9 Å². The molecule has 2 heterocycles. The minimum Gasteiger partial charge on any atom is -0.305 e. The molecule has 0 bridgehead atoms. The Morgan fingerprint density at radius 2 is 1.95 bits per heavy atom. The molecule has 1 N–H and O–H groups in total. The van der Waals surface area contributed by atoms with Crippen LogP contribution in [0.25, 0.3) is 5.69 Å². The van der Waals surface area contributed by atoms with Gasteiger partial charge < -0.3 is 5.32 Å². The van der Waals surface area contributed by atoms with Crippen LogP contribution in [0.4, 0.5) is 10.2 Å². The summed E-state index contributed by atoms with van der Waals surface area (Å²) in [5.74, 6) is -0.360. The van der Waals surface area contributed by atoms with Crippen molar-refractivity contribution in [1.82, 2.24) is 20.1 Å². The SMILES string of the molecule is Cc1cc(NC(=O)c2nonc2C)n(-c2ccc(F)cc2)n1. The van der Waals surface area contributed by atoms with Gasteiger partial charge in [0.1, 0.15) is 17.3 Å². The number of hydrogen-bond donors (Lipinski definition) is 1. The lowest BCUT2D eigenvalue weighted by Crippen LogP contribution is -2.16. The Morgan fingerprint density at radius 3 is 2.59 bits per heavy atom. The molecule has 0 unspecified atom stereocenters. The molecular formula is C14H12FN5O2. The lowest BCUT2D eigenvalue weighted by molar-refractivity contribution is 0.101. The molecule has 0 saturated heterocycles. The van der Waals surface area contributed by atoms with E-state index in [2.05, 4.69) is 25.4 Å². The van der Waals surface area contributed by atoms with Crippen molar-refractivity contribution in [2.45, 2.75) is 13.8 Å². The third-order valence-corrected chi connectivity index (χ3v) is 3.01. The number of nitrogens with zero attached hydrogens (tertiary/aromatic N) is 4. The zero-order valence-electron chi connectivity index (χ0n) is 11.9. The standard InChI is InChI=1S/C14H12FN5O2/c1-8-7-12(16-14(21)13-9(2)18-22-19-13)20(17-8)11-5-3-10(15)4-6-11/h3-7H,1-2H3,(H,16,21). The van der Waals surface area contributed by atoms with Gasteiger partial charge in [0.05, 0.1) is 11.4 Å². The third kappa shape index (κ3) is 2.58. The highest BCUT2D eigenvalue weighted by Gasteiger charge is 2.18. The minimum atomic E-state index is -0.456. The highest BCUT2D eigenvalue weighted by molar-refractivity contribution is 6.03. The first-order chi connectivity index (χ1) is 10.5. The van der Waals surface area contributed by atoms with Crippen molar-refractivity contribution in [1.29, 1.82) is 0 Å². The fourth-order valence-electron chi connectivity index (χ4n) is 1.98. The van der Waals surface area contributed by atoms with E-state index in [9.17, 15) is 9.18 Å². The van der Waals surface area contributed by atoms with Gasteiger partial charge in [0, 0.05) is 6.07 Å². The number of carbonyl (C=O) groups excluding carboxylic acids is 1. The molecule has 0 spiro atoms. The monoisotopic (exact) mass is 301 g/mol. The second kappa shape index (κ2) is 5.40. The number of nitrogens with one attached hydrogen (secondary N) is 1. The summed E-state index contributed by atoms with van der Waals surface area (Å²) < 4.78 is 19.0. The summed E-state index contributed by atoms with van der Waals surface area (Å²) in [6.45, 7) is 3.41. The van der Waals surface area contributed by atoms with E-state index in [0.717, 1.165) is 0 Å². The molecule has 0 fully saturated rings. The molecule has 0 atom stereocenters. The smallest absolute Gasteiger partial charge is 0.281 e. The van der Waals surface area contributed by atoms with Crippen LogP contribution >= 0.6 is 0 Å². The fraction of sp³-hybridized carbons (Fsp3) is 0.143. The maximum Gasteiger partial charge on any atom is 0.281 e. The van der Waals surface area contributed by atoms with E-state index in [1.54, 1.807) is 32.0 Å². The quantitative estimate of drug-likeness (QED) is 0.802. The highest BCUT2D eigenvalue weighted by atomic mass is 19.1. The van der Waals surface area contributed by atoms with Crippen LogP contribution in [0.3, 0.4) is 0 Å². The van der Waals surface area contributed by atoms with Gasteiger partial charge in [-0.05, 0) is 43.3 Å². The number of anilines is 1. The van der Waals surface area contributed by atoms with Gasteiger partial charge >= 0.3 is 0 Å². The van der Waals surface area contributed by atoms with Crippen LogP contribution in [0.5, 0.6) is 0 Å². The van der Waals surface area contributed by atoms with Crippen molar-refractivity contribution >= 4 is 11.7 Å². The lowest BCUT2D eigenvalue weighted by Gasteiger charge is -2.07. The van der Waals surface area contributed by atoms with Crippen LogP contribution in [-0.2, 0) is 0 Å². The average molecular weight is 301 g/mol. The van der Waals surface area contributed by atoms with E-state index < -0.39 is 5.91 Å². The number of aromatic nitrogens is 4. The summed E-state index contributed by atoms with van der Waals surface area (Å²) in [5.41, 5.74) is 1.82. The van der Waals surface area contributed by atoms with E-state index in [1.165, 1.54) is 16.8 Å². The molecule has 7 nitrogen and oxygen atoms in total. The van der Waals surface area contributed by atoms with Crippen molar-refractivity contribution in [2.75, 3.05) is 5.32 Å². The molecule has 8 heteroatoms. The molecule has 0 aliphatic rings. The summed E-state index contributed by atoms with van der Waals surface area (Å²) in [6, 6.07) is 7.48. The Labute approximate surface area is 124 Å². The van der Waals surface area contributed by atoms with E-state index in [4.69, 9.17) is 0 Å². The average Bonchev–Trinajstić information content (AvgIpc) is 3.06. The first-order valence-corrected chi connectivity index (χ1v) is 6.48. The normalized spacial score (nSPS) is 10.7. The van der Waals surface area contributed by atoms with Crippen molar-refractivity contribution < 1.29 is 13.8 Å². The number of halogens is 1. The van der Waals surface area contributed by atoms with Gasteiger partial charge in [-0.3, -0.25) is 4.79 Å². The van der Waals surface area contributed by atoms with Gasteiger partial charge in [0.25, 0.3) is 5.91 Å². The van der Waals surface area contributed by atoms with Crippen LogP contribution in [-0.4, -0.2) is 26.0 Å². The fourth-order valence-corrected chi connectivity index (χ4v) is 1.98. The Bertz CT molecular complexity index is 822. The maximum atomic E-state index is 13.0. The van der Waals surface area contributed by atoms with Gasteiger partial charge in [-0.1, -0.05) is 5.16 Å². The molecular weight excluding hydrogens is 289 g/mol. The molecule has 112 valence electrons. The Kier molecular flexibility index (Phi) is 3.42. The Hall–Kier alpha value is -3.03. The van der Waals surface area contributed by atoms with Gasteiger partial charge in [0.15, 0.2) is 5.69 Å². The third-order valence-electron chi connectivity index (χ3n) is 3.01. The van der Waals surface area contributed by atoms with Crippen LogP contribution in [0.1, 0.15) is 21.9 Å². The summed E-state index contributed by atoms with van der Waals surface area (Å²) in [5, 5.41) is 14.1. The highest BCUT2D eigenvalue weighted by Crippen LogP contribution is 2.18. The number of benzene rings is 1. The molecule has 0 aliphatic carbocycles. The number of rotatable bonds is 3. The predicted molar refractivity (Wildman–Crippen MR) is 75.2 cm³/mol. The maximum absolute atomic E-state index is 13.0. The lowest BCUT2D eigenvalue weighted by atomic mass is 10.3. The van der Waals surface area contributed by atoms with E-state index in [1.807, 2.05) is 0 Å². The number of amides is 1. The summed E-state index contributed by atoms with van der Waals surface area (Å²) in [7, 11) is 0. The minimum absolute atomic E-state index is 0.101. The molecule has 3 aromatic rings. The van der Waals surface area contributed by atoms with Crippen molar-refractivity contribution in [2.24, 2.45) is 0 Å². The zero-order chi connectivity index (χ0) is 15.7. The Balaban J connectivity index is 1.93.